The fourth-order valence-corrected chi connectivity index (χ4v) is 0.782. The van der Waals surface area contributed by atoms with Crippen LogP contribution >= 0.6 is 0 Å². The van der Waals surface area contributed by atoms with E-state index in [1.165, 1.54) is 6.92 Å². The highest BCUT2D eigenvalue weighted by molar-refractivity contribution is 5.96. The lowest BCUT2D eigenvalue weighted by atomic mass is 10.3. The highest BCUT2D eigenvalue weighted by atomic mass is 16.2. The zero-order valence-electron chi connectivity index (χ0n) is 7.64. The summed E-state index contributed by atoms with van der Waals surface area (Å²) in [6, 6.07) is 0. The van der Waals surface area contributed by atoms with Gasteiger partial charge in [-0.2, -0.15) is 0 Å². The number of nitrogens with one attached hydrogen (secondary N) is 2. The van der Waals surface area contributed by atoms with Crippen molar-refractivity contribution in [2.45, 2.75) is 19.8 Å². The summed E-state index contributed by atoms with van der Waals surface area (Å²) >= 11 is 0. The maximum absolute atomic E-state index is 10.9. The van der Waals surface area contributed by atoms with Crippen LogP contribution in [0.1, 0.15) is 19.8 Å². The lowest BCUT2D eigenvalue weighted by Gasteiger charge is -2.02. The van der Waals surface area contributed by atoms with Crippen molar-refractivity contribution in [3.63, 3.8) is 0 Å². The molecule has 0 aromatic carbocycles. The van der Waals surface area contributed by atoms with Crippen LogP contribution in [0.15, 0.2) is 0 Å². The molecule has 0 fully saturated rings. The summed E-state index contributed by atoms with van der Waals surface area (Å²) in [6.07, 6.45) is 0.889. The van der Waals surface area contributed by atoms with Crippen molar-refractivity contribution in [1.29, 1.82) is 0 Å². The Bertz CT molecular complexity index is 157. The summed E-state index contributed by atoms with van der Waals surface area (Å²) in [4.78, 5) is 21.3. The first-order valence-electron chi connectivity index (χ1n) is 4.07. The highest BCUT2D eigenvalue weighted by Crippen LogP contribution is 1.81. The Balaban J connectivity index is 3.26. The van der Waals surface area contributed by atoms with Gasteiger partial charge in [0.25, 0.3) is 0 Å². The van der Waals surface area contributed by atoms with Gasteiger partial charge in [-0.3, -0.25) is 9.59 Å². The molecule has 0 heterocycles. The largest absolute Gasteiger partial charge is 0.356 e. The van der Waals surface area contributed by atoms with Crippen LogP contribution in [-0.2, 0) is 9.59 Å². The normalized spacial score (nSPS) is 9.50. The van der Waals surface area contributed by atoms with Crippen LogP contribution in [0, 0.1) is 0 Å². The molecule has 4 nitrogen and oxygen atoms in total. The number of amides is 1. The predicted octanol–water partition coefficient (Wildman–Crippen LogP) is -0.309. The van der Waals surface area contributed by atoms with Crippen molar-refractivity contribution in [2.75, 3.05) is 20.1 Å². The molecule has 4 heteroatoms. The average Bonchev–Trinajstić information content (AvgIpc) is 1.97. The highest BCUT2D eigenvalue weighted by Gasteiger charge is 2.02. The van der Waals surface area contributed by atoms with E-state index < -0.39 is 0 Å². The minimum Gasteiger partial charge on any atom is -0.356 e. The molecule has 1 amide bonds. The first-order valence-corrected chi connectivity index (χ1v) is 4.07. The number of Topliss-reactive ketones (excluding diaryl/α,β-unsaturated/α-hetero) is 1. The Morgan fingerprint density at radius 3 is 2.42 bits per heavy atom. The van der Waals surface area contributed by atoms with Crippen molar-refractivity contribution in [1.82, 2.24) is 10.6 Å². The maximum Gasteiger partial charge on any atom is 0.227 e. The smallest absolute Gasteiger partial charge is 0.227 e. The monoisotopic (exact) mass is 172 g/mol. The van der Waals surface area contributed by atoms with Gasteiger partial charge in [-0.05, 0) is 26.9 Å². The quantitative estimate of drug-likeness (QED) is 0.427. The molecule has 0 aliphatic heterocycles. The fourth-order valence-electron chi connectivity index (χ4n) is 0.782. The van der Waals surface area contributed by atoms with Gasteiger partial charge in [-0.1, -0.05) is 0 Å². The molecule has 0 aliphatic rings. The summed E-state index contributed by atoms with van der Waals surface area (Å²) in [5.41, 5.74) is 0. The summed E-state index contributed by atoms with van der Waals surface area (Å²) < 4.78 is 0. The second-order valence-corrected chi connectivity index (χ2v) is 2.69. The Kier molecular flexibility index (Phi) is 6.28. The van der Waals surface area contributed by atoms with E-state index in [1.807, 2.05) is 7.05 Å². The summed E-state index contributed by atoms with van der Waals surface area (Å²) in [6.45, 7) is 2.92. The Hall–Kier alpha value is -0.900. The molecule has 12 heavy (non-hydrogen) atoms. The van der Waals surface area contributed by atoms with Gasteiger partial charge < -0.3 is 10.6 Å². The molecule has 0 rings (SSSR count). The molecule has 0 atom stereocenters. The van der Waals surface area contributed by atoms with Gasteiger partial charge in [-0.25, -0.2) is 0 Å². The molecular formula is C8H16N2O2. The van der Waals surface area contributed by atoms with E-state index in [0.29, 0.717) is 6.54 Å². The van der Waals surface area contributed by atoms with Crippen molar-refractivity contribution >= 4 is 11.7 Å². The van der Waals surface area contributed by atoms with Gasteiger partial charge in [0.15, 0.2) is 0 Å². The van der Waals surface area contributed by atoms with Crippen molar-refractivity contribution in [2.24, 2.45) is 0 Å². The molecular weight excluding hydrogens is 156 g/mol. The third-order valence-electron chi connectivity index (χ3n) is 1.34. The number of ketones is 1. The van der Waals surface area contributed by atoms with E-state index in [9.17, 15) is 9.59 Å². The Morgan fingerprint density at radius 1 is 1.25 bits per heavy atom. The SMILES string of the molecule is CNCCCNC(=O)CC(C)=O. The predicted molar refractivity (Wildman–Crippen MR) is 46.9 cm³/mol. The molecule has 0 aliphatic carbocycles. The number of hydrogen-bond acceptors (Lipinski definition) is 3. The van der Waals surface area contributed by atoms with Gasteiger partial charge in [0.05, 0.1) is 6.42 Å². The molecule has 0 unspecified atom stereocenters. The van der Waals surface area contributed by atoms with Crippen LogP contribution in [-0.4, -0.2) is 31.8 Å². The first kappa shape index (κ1) is 11.1. The van der Waals surface area contributed by atoms with Gasteiger partial charge in [0.1, 0.15) is 5.78 Å². The van der Waals surface area contributed by atoms with Gasteiger partial charge in [0.2, 0.25) is 5.91 Å². The summed E-state index contributed by atoms with van der Waals surface area (Å²) in [5, 5.41) is 5.61. The number of rotatable bonds is 6. The second kappa shape index (κ2) is 6.79. The zero-order valence-corrected chi connectivity index (χ0v) is 7.64. The third kappa shape index (κ3) is 7.21. The van der Waals surface area contributed by atoms with E-state index in [1.54, 1.807) is 0 Å². The molecule has 0 saturated heterocycles. The molecule has 0 bridgehead atoms. The van der Waals surface area contributed by atoms with Gasteiger partial charge in [-0.15, -0.1) is 0 Å². The lowest BCUT2D eigenvalue weighted by Crippen LogP contribution is -2.27. The zero-order chi connectivity index (χ0) is 9.40. The topological polar surface area (TPSA) is 58.2 Å². The molecule has 0 saturated carbocycles. The third-order valence-corrected chi connectivity index (χ3v) is 1.34. The van der Waals surface area contributed by atoms with Crippen molar-refractivity contribution < 1.29 is 9.59 Å². The van der Waals surface area contributed by atoms with E-state index in [2.05, 4.69) is 10.6 Å². The van der Waals surface area contributed by atoms with E-state index in [4.69, 9.17) is 0 Å². The molecule has 0 radical (unpaired) electrons. The fraction of sp³-hybridized carbons (Fsp3) is 0.750. The molecule has 2 N–H and O–H groups in total. The van der Waals surface area contributed by atoms with E-state index in [0.717, 1.165) is 13.0 Å². The second-order valence-electron chi connectivity index (χ2n) is 2.69. The van der Waals surface area contributed by atoms with Crippen LogP contribution in [0.3, 0.4) is 0 Å². The standard InChI is InChI=1S/C8H16N2O2/c1-7(11)6-8(12)10-5-3-4-9-2/h9H,3-6H2,1-2H3,(H,10,12). The minimum atomic E-state index is -0.182. The average molecular weight is 172 g/mol. The number of carbonyl (C=O) groups is 2. The molecule has 0 aromatic heterocycles. The molecule has 70 valence electrons. The number of hydrogen-bond donors (Lipinski definition) is 2. The van der Waals surface area contributed by atoms with E-state index in [-0.39, 0.29) is 18.1 Å². The summed E-state index contributed by atoms with van der Waals surface area (Å²) in [7, 11) is 1.86. The van der Waals surface area contributed by atoms with Crippen LogP contribution in [0.4, 0.5) is 0 Å². The van der Waals surface area contributed by atoms with Crippen LogP contribution in [0.2, 0.25) is 0 Å². The first-order chi connectivity index (χ1) is 5.66. The van der Waals surface area contributed by atoms with Crippen LogP contribution < -0.4 is 10.6 Å². The lowest BCUT2D eigenvalue weighted by molar-refractivity contribution is -0.127. The molecule has 0 spiro atoms. The number of carbonyl (C=O) groups excluding carboxylic acids is 2. The van der Waals surface area contributed by atoms with Gasteiger partial charge in [0, 0.05) is 6.54 Å². The van der Waals surface area contributed by atoms with E-state index >= 15 is 0 Å². The van der Waals surface area contributed by atoms with Crippen molar-refractivity contribution in [3.8, 4) is 0 Å². The Labute approximate surface area is 72.7 Å². The summed E-state index contributed by atoms with van der Waals surface area (Å²) in [5.74, 6) is -0.278. The Morgan fingerprint density at radius 2 is 1.92 bits per heavy atom. The van der Waals surface area contributed by atoms with Crippen LogP contribution in [0.5, 0.6) is 0 Å². The maximum atomic E-state index is 10.9. The molecule has 0 aromatic rings. The van der Waals surface area contributed by atoms with Crippen LogP contribution in [0.25, 0.3) is 0 Å². The minimum absolute atomic E-state index is 0.000443. The van der Waals surface area contributed by atoms with Crippen molar-refractivity contribution in [3.05, 3.63) is 0 Å². The van der Waals surface area contributed by atoms with Gasteiger partial charge >= 0.3 is 0 Å².